The van der Waals surface area contributed by atoms with E-state index in [1.54, 1.807) is 12.1 Å². The smallest absolute Gasteiger partial charge is 0.287 e. The Morgan fingerprint density at radius 3 is 3.00 bits per heavy atom. The summed E-state index contributed by atoms with van der Waals surface area (Å²) in [4.78, 5) is 10.2. The highest BCUT2D eigenvalue weighted by molar-refractivity contribution is 8.06. The van der Waals surface area contributed by atoms with Gasteiger partial charge < -0.3 is 5.32 Å². The summed E-state index contributed by atoms with van der Waals surface area (Å²) in [5.74, 6) is 3.49. The zero-order valence-electron chi connectivity index (χ0n) is 10.2. The number of thioether (sulfide) groups is 2. The lowest BCUT2D eigenvalue weighted by atomic mass is 10.1. The van der Waals surface area contributed by atoms with E-state index in [-0.39, 0.29) is 11.3 Å². The van der Waals surface area contributed by atoms with E-state index in [1.807, 2.05) is 29.6 Å². The Morgan fingerprint density at radius 2 is 2.37 bits per heavy atom. The van der Waals surface area contributed by atoms with Crippen molar-refractivity contribution in [2.24, 2.45) is 0 Å². The molecule has 7 heteroatoms. The highest BCUT2D eigenvalue weighted by Crippen LogP contribution is 2.25. The molecule has 1 heterocycles. The standard InChI is InChI=1S/C12H13N3O2S2/c13-6-9-5-10(1-2-12(9)15(16)17)14-7-11-8-18-3-4-19-11/h1-2,5,11,14H,3-4,7-8H2/t11-/m1/s1. The molecule has 1 atom stereocenters. The molecule has 1 aromatic rings. The number of nitro benzene ring substituents is 1. The second-order valence-electron chi connectivity index (χ2n) is 4.05. The minimum absolute atomic E-state index is 0.0978. The zero-order chi connectivity index (χ0) is 13.7. The van der Waals surface area contributed by atoms with Crippen molar-refractivity contribution < 1.29 is 4.92 Å². The first-order chi connectivity index (χ1) is 9.20. The third-order valence-corrected chi connectivity index (χ3v) is 5.58. The Labute approximate surface area is 119 Å². The summed E-state index contributed by atoms with van der Waals surface area (Å²) in [7, 11) is 0. The summed E-state index contributed by atoms with van der Waals surface area (Å²) in [5.41, 5.74) is 0.717. The first-order valence-electron chi connectivity index (χ1n) is 5.82. The summed E-state index contributed by atoms with van der Waals surface area (Å²) in [6.07, 6.45) is 0. The lowest BCUT2D eigenvalue weighted by Gasteiger charge is -2.21. The van der Waals surface area contributed by atoms with Gasteiger partial charge in [0.2, 0.25) is 0 Å². The van der Waals surface area contributed by atoms with Crippen molar-refractivity contribution in [3.8, 4) is 6.07 Å². The molecule has 0 amide bonds. The van der Waals surface area contributed by atoms with Crippen molar-refractivity contribution in [1.29, 1.82) is 5.26 Å². The Morgan fingerprint density at radius 1 is 1.53 bits per heavy atom. The van der Waals surface area contributed by atoms with Crippen LogP contribution in [0.25, 0.3) is 0 Å². The number of nitrogens with one attached hydrogen (secondary N) is 1. The van der Waals surface area contributed by atoms with Gasteiger partial charge in [-0.15, -0.1) is 0 Å². The number of nitriles is 1. The van der Waals surface area contributed by atoms with Crippen molar-refractivity contribution in [2.45, 2.75) is 5.25 Å². The first-order valence-corrected chi connectivity index (χ1v) is 8.03. The van der Waals surface area contributed by atoms with Crippen molar-refractivity contribution in [3.05, 3.63) is 33.9 Å². The summed E-state index contributed by atoms with van der Waals surface area (Å²) >= 11 is 3.89. The topological polar surface area (TPSA) is 79.0 Å². The molecule has 1 aromatic carbocycles. The number of hydrogen-bond acceptors (Lipinski definition) is 6. The maximum absolute atomic E-state index is 10.7. The van der Waals surface area contributed by atoms with Gasteiger partial charge in [-0.2, -0.15) is 28.8 Å². The van der Waals surface area contributed by atoms with Crippen molar-refractivity contribution in [2.75, 3.05) is 29.1 Å². The predicted molar refractivity (Wildman–Crippen MR) is 79.9 cm³/mol. The third kappa shape index (κ3) is 3.78. The van der Waals surface area contributed by atoms with Gasteiger partial charge in [0.1, 0.15) is 11.6 Å². The minimum Gasteiger partial charge on any atom is -0.384 e. The monoisotopic (exact) mass is 295 g/mol. The van der Waals surface area contributed by atoms with Gasteiger partial charge in [0.05, 0.1) is 4.92 Å². The zero-order valence-corrected chi connectivity index (χ0v) is 11.8. The number of nitro groups is 1. The van der Waals surface area contributed by atoms with Crippen molar-refractivity contribution >= 4 is 34.9 Å². The predicted octanol–water partition coefficient (Wildman–Crippen LogP) is 2.73. The van der Waals surface area contributed by atoms with E-state index in [1.165, 1.54) is 17.6 Å². The van der Waals surface area contributed by atoms with Crippen LogP contribution in [0.2, 0.25) is 0 Å². The van der Waals surface area contributed by atoms with Crippen LogP contribution >= 0.6 is 23.5 Å². The fourth-order valence-corrected chi connectivity index (χ4v) is 4.39. The van der Waals surface area contributed by atoms with Gasteiger partial charge in [0, 0.05) is 40.8 Å². The van der Waals surface area contributed by atoms with E-state index >= 15 is 0 Å². The molecule has 0 saturated carbocycles. The molecule has 1 aliphatic heterocycles. The van der Waals surface area contributed by atoms with Gasteiger partial charge in [0.15, 0.2) is 0 Å². The molecule has 1 aliphatic rings. The molecule has 1 saturated heterocycles. The normalized spacial score (nSPS) is 18.6. The SMILES string of the molecule is N#Cc1cc(NC[C@@H]2CSCCS2)ccc1[N+](=O)[O-]. The highest BCUT2D eigenvalue weighted by atomic mass is 32.2. The first kappa shape index (κ1) is 14.0. The number of rotatable bonds is 4. The highest BCUT2D eigenvalue weighted by Gasteiger charge is 2.16. The van der Waals surface area contributed by atoms with Crippen LogP contribution in [0.5, 0.6) is 0 Å². The van der Waals surface area contributed by atoms with Crippen LogP contribution in [-0.2, 0) is 0 Å². The number of benzene rings is 1. The molecule has 2 rings (SSSR count). The lowest BCUT2D eigenvalue weighted by Crippen LogP contribution is -2.23. The van der Waals surface area contributed by atoms with Gasteiger partial charge in [0.25, 0.3) is 5.69 Å². The molecule has 19 heavy (non-hydrogen) atoms. The van der Waals surface area contributed by atoms with Gasteiger partial charge in [-0.05, 0) is 12.1 Å². The quantitative estimate of drug-likeness (QED) is 0.679. The molecule has 1 fully saturated rings. The molecule has 100 valence electrons. The summed E-state index contributed by atoms with van der Waals surface area (Å²) < 4.78 is 0. The Hall–Kier alpha value is -1.39. The van der Waals surface area contributed by atoms with Gasteiger partial charge in [-0.3, -0.25) is 10.1 Å². The minimum atomic E-state index is -0.532. The van der Waals surface area contributed by atoms with E-state index in [0.29, 0.717) is 5.25 Å². The van der Waals surface area contributed by atoms with E-state index in [4.69, 9.17) is 5.26 Å². The fraction of sp³-hybridized carbons (Fsp3) is 0.417. The number of nitrogens with zero attached hydrogens (tertiary/aromatic N) is 2. The van der Waals surface area contributed by atoms with E-state index in [2.05, 4.69) is 5.32 Å². The molecule has 0 spiro atoms. The molecule has 1 N–H and O–H groups in total. The summed E-state index contributed by atoms with van der Waals surface area (Å²) in [5, 5.41) is 23.4. The molecule has 0 unspecified atom stereocenters. The molecule has 0 radical (unpaired) electrons. The second kappa shape index (κ2) is 6.68. The largest absolute Gasteiger partial charge is 0.384 e. The number of anilines is 1. The molecule has 0 aliphatic carbocycles. The Bertz CT molecular complexity index is 510. The fourth-order valence-electron chi connectivity index (χ4n) is 1.78. The Balaban J connectivity index is 2.01. The molecule has 0 aromatic heterocycles. The average Bonchev–Trinajstić information content (AvgIpc) is 2.45. The van der Waals surface area contributed by atoms with E-state index < -0.39 is 4.92 Å². The lowest BCUT2D eigenvalue weighted by molar-refractivity contribution is -0.385. The van der Waals surface area contributed by atoms with Crippen LogP contribution in [0, 0.1) is 21.4 Å². The molecule has 5 nitrogen and oxygen atoms in total. The van der Waals surface area contributed by atoms with Crippen LogP contribution in [-0.4, -0.2) is 34.0 Å². The summed E-state index contributed by atoms with van der Waals surface area (Å²) in [6.45, 7) is 0.820. The molecule has 0 bridgehead atoms. The average molecular weight is 295 g/mol. The van der Waals surface area contributed by atoms with Crippen LogP contribution in [0.4, 0.5) is 11.4 Å². The van der Waals surface area contributed by atoms with Gasteiger partial charge in [-0.25, -0.2) is 0 Å². The van der Waals surface area contributed by atoms with E-state index in [9.17, 15) is 10.1 Å². The van der Waals surface area contributed by atoms with Gasteiger partial charge >= 0.3 is 0 Å². The van der Waals surface area contributed by atoms with Crippen molar-refractivity contribution in [1.82, 2.24) is 0 Å². The van der Waals surface area contributed by atoms with Gasteiger partial charge in [-0.1, -0.05) is 0 Å². The molecular weight excluding hydrogens is 282 g/mol. The number of hydrogen-bond donors (Lipinski definition) is 1. The second-order valence-corrected chi connectivity index (χ2v) is 6.61. The van der Waals surface area contributed by atoms with Crippen molar-refractivity contribution in [3.63, 3.8) is 0 Å². The van der Waals surface area contributed by atoms with Crippen LogP contribution in [0.3, 0.4) is 0 Å². The maximum atomic E-state index is 10.7. The van der Waals surface area contributed by atoms with Crippen LogP contribution in [0.1, 0.15) is 5.56 Å². The van der Waals surface area contributed by atoms with Crippen LogP contribution in [0.15, 0.2) is 18.2 Å². The summed E-state index contributed by atoms with van der Waals surface area (Å²) in [6, 6.07) is 6.44. The van der Waals surface area contributed by atoms with E-state index in [0.717, 1.165) is 18.0 Å². The van der Waals surface area contributed by atoms with Crippen LogP contribution < -0.4 is 5.32 Å². The third-order valence-electron chi connectivity index (χ3n) is 2.73. The Kier molecular flexibility index (Phi) is 4.93. The maximum Gasteiger partial charge on any atom is 0.287 e. The molecular formula is C12H13N3O2S2.